The van der Waals surface area contributed by atoms with Crippen LogP contribution in [0.3, 0.4) is 0 Å². The largest absolute Gasteiger partial charge is 0.299 e. The first-order valence-electron chi connectivity index (χ1n) is 10.0. The number of nitrogens with zero attached hydrogens (tertiary/aromatic N) is 3. The molecule has 4 rings (SSSR count). The molecule has 0 radical (unpaired) electrons. The van der Waals surface area contributed by atoms with Gasteiger partial charge in [-0.05, 0) is 56.0 Å². The Bertz CT molecular complexity index is 959. The maximum atomic E-state index is 12.8. The van der Waals surface area contributed by atoms with Crippen molar-refractivity contribution in [2.24, 2.45) is 13.0 Å². The van der Waals surface area contributed by atoms with Crippen LogP contribution in [0.1, 0.15) is 41.7 Å². The molecule has 2 aromatic carbocycles. The van der Waals surface area contributed by atoms with E-state index in [1.54, 1.807) is 4.68 Å². The minimum Gasteiger partial charge on any atom is -0.299 e. The summed E-state index contributed by atoms with van der Waals surface area (Å²) in [4.78, 5) is 15.3. The fraction of sp³-hybridized carbons (Fsp3) is 0.391. The van der Waals surface area contributed by atoms with E-state index in [9.17, 15) is 4.79 Å². The summed E-state index contributed by atoms with van der Waals surface area (Å²) in [6.07, 6.45) is 3.79. The van der Waals surface area contributed by atoms with Gasteiger partial charge in [0, 0.05) is 25.4 Å². The average Bonchev–Trinajstić information content (AvgIpc) is 3.06. The van der Waals surface area contributed by atoms with E-state index in [1.807, 2.05) is 25.2 Å². The zero-order chi connectivity index (χ0) is 19.5. The Labute approximate surface area is 171 Å². The molecule has 28 heavy (non-hydrogen) atoms. The molecule has 1 saturated heterocycles. The number of aromatic nitrogens is 2. The predicted molar refractivity (Wildman–Crippen MR) is 114 cm³/mol. The Morgan fingerprint density at radius 1 is 1.11 bits per heavy atom. The number of likely N-dealkylation sites (tertiary alicyclic amines) is 1. The number of halogens is 1. The van der Waals surface area contributed by atoms with Gasteiger partial charge in [0.15, 0.2) is 5.78 Å². The average molecular weight is 396 g/mol. The van der Waals surface area contributed by atoms with Crippen molar-refractivity contribution in [2.75, 3.05) is 13.1 Å². The highest BCUT2D eigenvalue weighted by Gasteiger charge is 2.22. The molecule has 0 N–H and O–H groups in total. The van der Waals surface area contributed by atoms with E-state index in [2.05, 4.69) is 40.3 Å². The van der Waals surface area contributed by atoms with Gasteiger partial charge in [0.2, 0.25) is 0 Å². The quantitative estimate of drug-likeness (QED) is 0.545. The van der Waals surface area contributed by atoms with Gasteiger partial charge < -0.3 is 0 Å². The van der Waals surface area contributed by atoms with E-state index < -0.39 is 0 Å². The molecule has 0 saturated carbocycles. The van der Waals surface area contributed by atoms with E-state index in [-0.39, 0.29) is 5.78 Å². The second kappa shape index (κ2) is 8.46. The number of rotatable bonds is 6. The molecule has 1 fully saturated rings. The highest BCUT2D eigenvalue weighted by Crippen LogP contribution is 2.29. The maximum Gasteiger partial charge on any atom is 0.183 e. The first kappa shape index (κ1) is 19.2. The maximum absolute atomic E-state index is 12.8. The summed E-state index contributed by atoms with van der Waals surface area (Å²) in [5, 5.41) is 5.83. The summed E-state index contributed by atoms with van der Waals surface area (Å²) >= 11 is 6.34. The third kappa shape index (κ3) is 4.13. The number of Topliss-reactive ketones (excluding diaryl/α,β-unsaturated/α-hetero) is 1. The first-order chi connectivity index (χ1) is 13.6. The van der Waals surface area contributed by atoms with E-state index in [4.69, 9.17) is 11.6 Å². The summed E-state index contributed by atoms with van der Waals surface area (Å²) in [6, 6.07) is 16.3. The fourth-order valence-corrected chi connectivity index (χ4v) is 4.45. The molecule has 0 aliphatic carbocycles. The molecule has 4 nitrogen and oxygen atoms in total. The van der Waals surface area contributed by atoms with Crippen LogP contribution in [0.15, 0.2) is 48.5 Å². The van der Waals surface area contributed by atoms with Crippen LogP contribution < -0.4 is 0 Å². The van der Waals surface area contributed by atoms with Gasteiger partial charge in [-0.2, -0.15) is 5.10 Å². The molecule has 0 atom stereocenters. The van der Waals surface area contributed by atoms with Gasteiger partial charge in [-0.15, -0.1) is 0 Å². The van der Waals surface area contributed by atoms with Crippen molar-refractivity contribution in [3.63, 3.8) is 0 Å². The summed E-state index contributed by atoms with van der Waals surface area (Å²) in [6.45, 7) is 3.23. The minimum absolute atomic E-state index is 0.102. The van der Waals surface area contributed by atoms with Crippen LogP contribution in [0.4, 0.5) is 0 Å². The monoisotopic (exact) mass is 395 g/mol. The molecule has 0 bridgehead atoms. The van der Waals surface area contributed by atoms with Crippen molar-refractivity contribution in [3.8, 4) is 0 Å². The highest BCUT2D eigenvalue weighted by molar-refractivity contribution is 6.36. The Hall–Kier alpha value is -2.17. The van der Waals surface area contributed by atoms with Crippen molar-refractivity contribution >= 4 is 28.3 Å². The van der Waals surface area contributed by atoms with Gasteiger partial charge in [-0.1, -0.05) is 48.0 Å². The van der Waals surface area contributed by atoms with E-state index in [0.717, 1.165) is 49.8 Å². The first-order valence-corrected chi connectivity index (χ1v) is 10.4. The van der Waals surface area contributed by atoms with Crippen molar-refractivity contribution in [2.45, 2.75) is 32.2 Å². The number of ketones is 1. The summed E-state index contributed by atoms with van der Waals surface area (Å²) in [5.74, 6) is 0.715. The van der Waals surface area contributed by atoms with Crippen molar-refractivity contribution < 1.29 is 4.79 Å². The van der Waals surface area contributed by atoms with E-state index in [1.165, 1.54) is 5.56 Å². The van der Waals surface area contributed by atoms with Crippen LogP contribution >= 0.6 is 11.6 Å². The zero-order valence-electron chi connectivity index (χ0n) is 16.3. The third-order valence-corrected chi connectivity index (χ3v) is 6.14. The number of piperidine rings is 1. The highest BCUT2D eigenvalue weighted by atomic mass is 35.5. The molecule has 0 unspecified atom stereocenters. The molecule has 1 aliphatic heterocycles. The van der Waals surface area contributed by atoms with Gasteiger partial charge in [-0.3, -0.25) is 14.4 Å². The topological polar surface area (TPSA) is 38.1 Å². The lowest BCUT2D eigenvalue weighted by Crippen LogP contribution is -2.33. The molecule has 5 heteroatoms. The van der Waals surface area contributed by atoms with Crippen LogP contribution in [0.2, 0.25) is 5.02 Å². The third-order valence-electron chi connectivity index (χ3n) is 5.83. The van der Waals surface area contributed by atoms with Crippen LogP contribution in [-0.4, -0.2) is 33.6 Å². The molecule has 0 spiro atoms. The van der Waals surface area contributed by atoms with Gasteiger partial charge >= 0.3 is 0 Å². The minimum atomic E-state index is 0.102. The van der Waals surface area contributed by atoms with Crippen LogP contribution in [-0.2, 0) is 13.6 Å². The van der Waals surface area contributed by atoms with Crippen LogP contribution in [0.5, 0.6) is 0 Å². The summed E-state index contributed by atoms with van der Waals surface area (Å²) in [5.41, 5.74) is 2.80. The lowest BCUT2D eigenvalue weighted by Gasteiger charge is -2.31. The van der Waals surface area contributed by atoms with Gasteiger partial charge in [0.05, 0.1) is 10.5 Å². The van der Waals surface area contributed by atoms with Crippen molar-refractivity contribution in [1.29, 1.82) is 0 Å². The number of carbonyl (C=O) groups excluding carboxylic acids is 1. The molecule has 1 aliphatic rings. The van der Waals surface area contributed by atoms with Gasteiger partial charge in [0.1, 0.15) is 5.69 Å². The summed E-state index contributed by atoms with van der Waals surface area (Å²) < 4.78 is 1.75. The lowest BCUT2D eigenvalue weighted by atomic mass is 9.90. The molecular weight excluding hydrogens is 370 g/mol. The molecular formula is C23H26ClN3O. The fourth-order valence-electron chi connectivity index (χ4n) is 4.19. The van der Waals surface area contributed by atoms with Gasteiger partial charge in [0.25, 0.3) is 0 Å². The summed E-state index contributed by atoms with van der Waals surface area (Å²) in [7, 11) is 1.86. The SMILES string of the molecule is Cn1nc(C(=O)CCC2CCN(Cc3ccccc3)CC2)c2c(Cl)cccc21. The van der Waals surface area contributed by atoms with Crippen molar-refractivity contribution in [3.05, 3.63) is 64.8 Å². The standard InChI is InChI=1S/C23H26ClN3O/c1-26-20-9-5-8-19(24)22(20)23(25-26)21(28)11-10-17-12-14-27(15-13-17)16-18-6-3-2-4-7-18/h2-9,17H,10-16H2,1H3. The van der Waals surface area contributed by atoms with E-state index in [0.29, 0.717) is 23.1 Å². The van der Waals surface area contributed by atoms with Crippen LogP contribution in [0.25, 0.3) is 10.9 Å². The van der Waals surface area contributed by atoms with Crippen molar-refractivity contribution in [1.82, 2.24) is 14.7 Å². The number of fused-ring (bicyclic) bond motifs is 1. The Morgan fingerprint density at radius 2 is 1.86 bits per heavy atom. The zero-order valence-corrected chi connectivity index (χ0v) is 17.0. The number of aryl methyl sites for hydroxylation is 1. The number of hydrogen-bond acceptors (Lipinski definition) is 3. The van der Waals surface area contributed by atoms with Gasteiger partial charge in [-0.25, -0.2) is 0 Å². The number of hydrogen-bond donors (Lipinski definition) is 0. The molecule has 0 amide bonds. The molecule has 1 aromatic heterocycles. The smallest absolute Gasteiger partial charge is 0.183 e. The lowest BCUT2D eigenvalue weighted by molar-refractivity contribution is 0.0957. The Balaban J connectivity index is 1.32. The Morgan fingerprint density at radius 3 is 2.61 bits per heavy atom. The Kier molecular flexibility index (Phi) is 5.79. The second-order valence-corrected chi connectivity index (χ2v) is 8.18. The van der Waals surface area contributed by atoms with E-state index >= 15 is 0 Å². The number of carbonyl (C=O) groups is 1. The second-order valence-electron chi connectivity index (χ2n) is 7.77. The predicted octanol–water partition coefficient (Wildman–Crippen LogP) is 5.10. The normalized spacial score (nSPS) is 15.9. The molecule has 3 aromatic rings. The van der Waals surface area contributed by atoms with Crippen LogP contribution in [0, 0.1) is 5.92 Å². The molecule has 146 valence electrons. The molecule has 2 heterocycles. The number of benzene rings is 2.